The summed E-state index contributed by atoms with van der Waals surface area (Å²) in [4.78, 5) is 12.5. The Morgan fingerprint density at radius 3 is 2.78 bits per heavy atom. The maximum absolute atomic E-state index is 13.5. The zero-order valence-corrected chi connectivity index (χ0v) is 12.4. The molecule has 0 aliphatic carbocycles. The summed E-state index contributed by atoms with van der Waals surface area (Å²) in [5, 5.41) is 0. The summed E-state index contributed by atoms with van der Waals surface area (Å²) >= 11 is 10.3. The van der Waals surface area contributed by atoms with E-state index in [2.05, 4.69) is 15.9 Å². The number of Topliss-reactive ketones (excluding diaryl/α,β-unsaturated/α-hetero) is 1. The van der Waals surface area contributed by atoms with Gasteiger partial charge in [0.15, 0.2) is 5.78 Å². The number of benzene rings is 1. The first-order chi connectivity index (χ1) is 8.56. The number of rotatable bonds is 4. The number of carbonyl (C=O) groups is 1. The van der Waals surface area contributed by atoms with E-state index in [0.29, 0.717) is 21.2 Å². The number of aryl methyl sites for hydroxylation is 1. The van der Waals surface area contributed by atoms with Gasteiger partial charge in [0.05, 0.1) is 9.21 Å². The summed E-state index contributed by atoms with van der Waals surface area (Å²) in [5.74, 6) is -0.290. The summed E-state index contributed by atoms with van der Waals surface area (Å²) in [7, 11) is 0. The van der Waals surface area contributed by atoms with Crippen molar-refractivity contribution in [2.75, 3.05) is 0 Å². The number of halogens is 3. The molecule has 5 heteroatoms. The summed E-state index contributed by atoms with van der Waals surface area (Å²) < 4.78 is 14.9. The molecule has 2 aromatic rings. The van der Waals surface area contributed by atoms with E-state index >= 15 is 0 Å². The quantitative estimate of drug-likeness (QED) is 0.702. The highest BCUT2D eigenvalue weighted by atomic mass is 79.9. The Morgan fingerprint density at radius 1 is 1.33 bits per heavy atom. The van der Waals surface area contributed by atoms with Crippen LogP contribution in [0.2, 0.25) is 4.34 Å². The van der Waals surface area contributed by atoms with Crippen LogP contribution in [0.25, 0.3) is 0 Å². The van der Waals surface area contributed by atoms with Gasteiger partial charge >= 0.3 is 0 Å². The van der Waals surface area contributed by atoms with Crippen LogP contribution < -0.4 is 0 Å². The maximum atomic E-state index is 13.5. The van der Waals surface area contributed by atoms with Crippen molar-refractivity contribution in [3.63, 3.8) is 0 Å². The van der Waals surface area contributed by atoms with Crippen molar-refractivity contribution in [1.29, 1.82) is 0 Å². The van der Waals surface area contributed by atoms with Crippen LogP contribution in [-0.2, 0) is 6.42 Å². The third-order valence-corrected chi connectivity index (χ3v) is 4.24. The molecule has 0 saturated carbocycles. The van der Waals surface area contributed by atoms with Gasteiger partial charge in [-0.25, -0.2) is 4.39 Å². The highest BCUT2D eigenvalue weighted by Crippen LogP contribution is 2.24. The van der Waals surface area contributed by atoms with Gasteiger partial charge in [-0.1, -0.05) is 27.5 Å². The van der Waals surface area contributed by atoms with Crippen molar-refractivity contribution in [3.05, 3.63) is 55.4 Å². The van der Waals surface area contributed by atoms with Crippen molar-refractivity contribution in [3.8, 4) is 0 Å². The molecule has 1 aromatic heterocycles. The van der Waals surface area contributed by atoms with Gasteiger partial charge in [0, 0.05) is 10.9 Å². The Kier molecular flexibility index (Phi) is 4.54. The molecule has 1 heterocycles. The normalized spacial score (nSPS) is 10.6. The van der Waals surface area contributed by atoms with Gasteiger partial charge in [0.2, 0.25) is 0 Å². The summed E-state index contributed by atoms with van der Waals surface area (Å²) in [6, 6.07) is 8.13. The van der Waals surface area contributed by atoms with E-state index in [1.54, 1.807) is 24.3 Å². The van der Waals surface area contributed by atoms with Crippen LogP contribution >= 0.6 is 38.9 Å². The van der Waals surface area contributed by atoms with E-state index in [-0.39, 0.29) is 18.0 Å². The van der Waals surface area contributed by atoms with Gasteiger partial charge in [0.1, 0.15) is 5.82 Å². The zero-order valence-electron chi connectivity index (χ0n) is 9.25. The van der Waals surface area contributed by atoms with E-state index in [0.717, 1.165) is 4.47 Å². The molecule has 0 unspecified atom stereocenters. The van der Waals surface area contributed by atoms with Crippen molar-refractivity contribution < 1.29 is 9.18 Å². The average molecular weight is 348 g/mol. The molecule has 0 atom stereocenters. The smallest absolute Gasteiger partial charge is 0.173 e. The maximum Gasteiger partial charge on any atom is 0.173 e. The molecule has 0 aliphatic heterocycles. The Labute approximate surface area is 122 Å². The number of carbonyl (C=O) groups excluding carboxylic acids is 1. The lowest BCUT2D eigenvalue weighted by atomic mass is 10.1. The van der Waals surface area contributed by atoms with Crippen molar-refractivity contribution in [2.24, 2.45) is 0 Å². The molecule has 0 N–H and O–H groups in total. The minimum Gasteiger partial charge on any atom is -0.293 e. The first-order valence-corrected chi connectivity index (χ1v) is 7.27. The highest BCUT2D eigenvalue weighted by Gasteiger charge is 2.11. The van der Waals surface area contributed by atoms with Crippen LogP contribution in [-0.4, -0.2) is 5.78 Å². The van der Waals surface area contributed by atoms with Gasteiger partial charge in [-0.3, -0.25) is 4.79 Å². The van der Waals surface area contributed by atoms with Crippen LogP contribution in [0.3, 0.4) is 0 Å². The Balaban J connectivity index is 2.03. The monoisotopic (exact) mass is 346 g/mol. The Hall–Kier alpha value is -0.710. The lowest BCUT2D eigenvalue weighted by Crippen LogP contribution is -2.00. The summed E-state index contributed by atoms with van der Waals surface area (Å²) in [5.41, 5.74) is 0.542. The van der Waals surface area contributed by atoms with E-state index < -0.39 is 0 Å². The highest BCUT2D eigenvalue weighted by molar-refractivity contribution is 9.10. The van der Waals surface area contributed by atoms with Crippen LogP contribution in [0, 0.1) is 5.82 Å². The molecule has 0 aliphatic rings. The Bertz CT molecular complexity index is 582. The lowest BCUT2D eigenvalue weighted by Gasteiger charge is -2.03. The molecule has 0 bridgehead atoms. The summed E-state index contributed by atoms with van der Waals surface area (Å²) in [6.45, 7) is 0. The minimum absolute atomic E-state index is 0.00808. The predicted molar refractivity (Wildman–Crippen MR) is 76.1 cm³/mol. The molecule has 1 nitrogen and oxygen atoms in total. The average Bonchev–Trinajstić information content (AvgIpc) is 2.77. The molecule has 0 fully saturated rings. The molecular formula is C13H9BrClFOS. The second kappa shape index (κ2) is 5.95. The molecule has 2 rings (SSSR count). The van der Waals surface area contributed by atoms with Gasteiger partial charge in [-0.05, 0) is 42.3 Å². The van der Waals surface area contributed by atoms with E-state index in [1.165, 1.54) is 17.4 Å². The van der Waals surface area contributed by atoms with Crippen molar-refractivity contribution >= 4 is 44.7 Å². The molecular weight excluding hydrogens is 339 g/mol. The summed E-state index contributed by atoms with van der Waals surface area (Å²) in [6.07, 6.45) is 0.670. The van der Waals surface area contributed by atoms with E-state index in [1.807, 2.05) is 0 Å². The fourth-order valence-electron chi connectivity index (χ4n) is 1.57. The van der Waals surface area contributed by atoms with E-state index in [9.17, 15) is 9.18 Å². The van der Waals surface area contributed by atoms with Crippen LogP contribution in [0.5, 0.6) is 0 Å². The third kappa shape index (κ3) is 3.40. The molecule has 1 aromatic carbocycles. The fourth-order valence-corrected chi connectivity index (χ4v) is 2.99. The fraction of sp³-hybridized carbons (Fsp3) is 0.154. The Morgan fingerprint density at radius 2 is 2.11 bits per heavy atom. The number of thiophene rings is 1. The number of hydrogen-bond donors (Lipinski definition) is 0. The van der Waals surface area contributed by atoms with Gasteiger partial charge < -0.3 is 0 Å². The molecule has 0 amide bonds. The molecule has 0 radical (unpaired) electrons. The van der Waals surface area contributed by atoms with Crippen molar-refractivity contribution in [2.45, 2.75) is 12.8 Å². The molecule has 0 saturated heterocycles. The van der Waals surface area contributed by atoms with Gasteiger partial charge in [-0.15, -0.1) is 11.3 Å². The second-order valence-corrected chi connectivity index (χ2v) is 6.39. The first-order valence-electron chi connectivity index (χ1n) is 5.29. The van der Waals surface area contributed by atoms with Gasteiger partial charge in [0.25, 0.3) is 0 Å². The predicted octanol–water partition coefficient (Wildman–Crippen LogP) is 5.12. The minimum atomic E-state index is -0.282. The third-order valence-electron chi connectivity index (χ3n) is 2.48. The van der Waals surface area contributed by atoms with Crippen LogP contribution in [0.15, 0.2) is 34.8 Å². The first kappa shape index (κ1) is 13.7. The second-order valence-electron chi connectivity index (χ2n) is 3.76. The number of ketones is 1. The van der Waals surface area contributed by atoms with Crippen LogP contribution in [0.4, 0.5) is 4.39 Å². The zero-order chi connectivity index (χ0) is 13.1. The van der Waals surface area contributed by atoms with Gasteiger partial charge in [-0.2, -0.15) is 0 Å². The molecule has 18 heavy (non-hydrogen) atoms. The SMILES string of the molecule is O=C(CCc1cc(Br)ccc1F)c1ccc(Cl)s1. The largest absolute Gasteiger partial charge is 0.293 e. The topological polar surface area (TPSA) is 17.1 Å². The van der Waals surface area contributed by atoms with Crippen molar-refractivity contribution in [1.82, 2.24) is 0 Å². The van der Waals surface area contributed by atoms with Crippen LogP contribution in [0.1, 0.15) is 21.7 Å². The number of hydrogen-bond acceptors (Lipinski definition) is 2. The molecule has 94 valence electrons. The van der Waals surface area contributed by atoms with E-state index in [4.69, 9.17) is 11.6 Å². The molecule has 0 spiro atoms. The lowest BCUT2D eigenvalue weighted by molar-refractivity contribution is 0.0986. The standard InChI is InChI=1S/C13H9BrClFOS/c14-9-2-3-10(16)8(7-9)1-4-11(17)12-5-6-13(15)18-12/h2-3,5-7H,1,4H2.